The second kappa shape index (κ2) is 6.55. The molecule has 0 aliphatic heterocycles. The van der Waals surface area contributed by atoms with Crippen molar-refractivity contribution in [3.63, 3.8) is 0 Å². The molecule has 2 aromatic rings. The van der Waals surface area contributed by atoms with Crippen LogP contribution in [0.25, 0.3) is 0 Å². The van der Waals surface area contributed by atoms with Crippen molar-refractivity contribution in [2.75, 3.05) is 0 Å². The highest BCUT2D eigenvalue weighted by Crippen LogP contribution is 2.15. The molecule has 0 fully saturated rings. The summed E-state index contributed by atoms with van der Waals surface area (Å²) < 4.78 is 5.44. The SMILES string of the molecule is CCc1ccc(C(C)NCc2ccc(CO)o2)cc1. The molecule has 0 spiro atoms. The third-order valence-corrected chi connectivity index (χ3v) is 3.34. The van der Waals surface area contributed by atoms with Crippen molar-refractivity contribution in [1.82, 2.24) is 5.32 Å². The zero-order chi connectivity index (χ0) is 13.7. The van der Waals surface area contributed by atoms with Crippen molar-refractivity contribution < 1.29 is 9.52 Å². The van der Waals surface area contributed by atoms with Gasteiger partial charge in [-0.2, -0.15) is 0 Å². The van der Waals surface area contributed by atoms with Crippen molar-refractivity contribution in [1.29, 1.82) is 0 Å². The summed E-state index contributed by atoms with van der Waals surface area (Å²) >= 11 is 0. The van der Waals surface area contributed by atoms with Gasteiger partial charge in [-0.1, -0.05) is 31.2 Å². The Balaban J connectivity index is 1.90. The molecule has 0 saturated carbocycles. The third kappa shape index (κ3) is 3.69. The summed E-state index contributed by atoms with van der Waals surface area (Å²) in [6, 6.07) is 12.6. The van der Waals surface area contributed by atoms with E-state index >= 15 is 0 Å². The Bertz CT molecular complexity index is 502. The van der Waals surface area contributed by atoms with Crippen LogP contribution in [0.15, 0.2) is 40.8 Å². The zero-order valence-electron chi connectivity index (χ0n) is 11.5. The molecule has 0 bridgehead atoms. The average molecular weight is 259 g/mol. The molecular formula is C16H21NO2. The molecule has 0 saturated heterocycles. The largest absolute Gasteiger partial charge is 0.462 e. The van der Waals surface area contributed by atoms with Gasteiger partial charge >= 0.3 is 0 Å². The van der Waals surface area contributed by atoms with Crippen molar-refractivity contribution in [3.05, 3.63) is 59.0 Å². The lowest BCUT2D eigenvalue weighted by atomic mass is 10.1. The second-order valence-electron chi connectivity index (χ2n) is 4.72. The van der Waals surface area contributed by atoms with E-state index in [2.05, 4.69) is 43.4 Å². The normalized spacial score (nSPS) is 12.6. The first kappa shape index (κ1) is 13.8. The van der Waals surface area contributed by atoms with Gasteiger partial charge in [0.1, 0.15) is 18.1 Å². The highest BCUT2D eigenvalue weighted by molar-refractivity contribution is 5.24. The minimum absolute atomic E-state index is 0.0476. The lowest BCUT2D eigenvalue weighted by Gasteiger charge is -2.13. The van der Waals surface area contributed by atoms with Crippen molar-refractivity contribution in [2.24, 2.45) is 0 Å². The maximum absolute atomic E-state index is 8.94. The minimum atomic E-state index is -0.0476. The van der Waals surface area contributed by atoms with Crippen molar-refractivity contribution >= 4 is 0 Å². The van der Waals surface area contributed by atoms with E-state index in [9.17, 15) is 0 Å². The van der Waals surface area contributed by atoms with Crippen LogP contribution in [0.1, 0.15) is 42.5 Å². The van der Waals surface area contributed by atoms with Crippen LogP contribution in [-0.2, 0) is 19.6 Å². The summed E-state index contributed by atoms with van der Waals surface area (Å²) in [7, 11) is 0. The number of nitrogens with one attached hydrogen (secondary N) is 1. The first-order chi connectivity index (χ1) is 9.22. The van der Waals surface area contributed by atoms with Gasteiger partial charge in [-0.15, -0.1) is 0 Å². The Morgan fingerprint density at radius 1 is 1.11 bits per heavy atom. The highest BCUT2D eigenvalue weighted by atomic mass is 16.4. The first-order valence-electron chi connectivity index (χ1n) is 6.73. The van der Waals surface area contributed by atoms with E-state index < -0.39 is 0 Å². The zero-order valence-corrected chi connectivity index (χ0v) is 11.5. The fourth-order valence-corrected chi connectivity index (χ4v) is 2.02. The van der Waals surface area contributed by atoms with Gasteiger partial charge in [-0.25, -0.2) is 0 Å². The van der Waals surface area contributed by atoms with Crippen LogP contribution in [0.4, 0.5) is 0 Å². The summed E-state index contributed by atoms with van der Waals surface area (Å²) in [5, 5.41) is 12.4. The second-order valence-corrected chi connectivity index (χ2v) is 4.72. The fraction of sp³-hybridized carbons (Fsp3) is 0.375. The Labute approximate surface area is 114 Å². The highest BCUT2D eigenvalue weighted by Gasteiger charge is 2.06. The predicted molar refractivity (Wildman–Crippen MR) is 75.7 cm³/mol. The van der Waals surface area contributed by atoms with Crippen LogP contribution >= 0.6 is 0 Å². The molecular weight excluding hydrogens is 238 g/mol. The van der Waals surface area contributed by atoms with E-state index in [1.807, 2.05) is 6.07 Å². The van der Waals surface area contributed by atoms with E-state index in [-0.39, 0.29) is 12.6 Å². The summed E-state index contributed by atoms with van der Waals surface area (Å²) in [5.41, 5.74) is 2.63. The topological polar surface area (TPSA) is 45.4 Å². The number of aliphatic hydroxyl groups excluding tert-OH is 1. The summed E-state index contributed by atoms with van der Waals surface area (Å²) in [6.07, 6.45) is 1.07. The number of hydrogen-bond donors (Lipinski definition) is 2. The van der Waals surface area contributed by atoms with Crippen LogP contribution in [0.2, 0.25) is 0 Å². The van der Waals surface area contributed by atoms with Gasteiger partial charge in [-0.3, -0.25) is 0 Å². The Morgan fingerprint density at radius 3 is 2.37 bits per heavy atom. The predicted octanol–water partition coefficient (Wildman–Crippen LogP) is 3.19. The number of aryl methyl sites for hydroxylation is 1. The molecule has 0 radical (unpaired) electrons. The monoisotopic (exact) mass is 259 g/mol. The summed E-state index contributed by atoms with van der Waals surface area (Å²) in [5.74, 6) is 1.46. The van der Waals surface area contributed by atoms with Crippen molar-refractivity contribution in [2.45, 2.75) is 39.5 Å². The number of aliphatic hydroxyl groups is 1. The molecule has 2 N–H and O–H groups in total. The van der Waals surface area contributed by atoms with E-state index in [4.69, 9.17) is 9.52 Å². The van der Waals surface area contributed by atoms with Crippen LogP contribution in [0, 0.1) is 0 Å². The molecule has 1 aromatic carbocycles. The standard InChI is InChI=1S/C16H21NO2/c1-3-13-4-6-14(7-5-13)12(2)17-10-15-8-9-16(11-18)19-15/h4-9,12,17-18H,3,10-11H2,1-2H3. The molecule has 2 rings (SSSR count). The molecule has 1 aromatic heterocycles. The van der Waals surface area contributed by atoms with Crippen LogP contribution < -0.4 is 5.32 Å². The molecule has 19 heavy (non-hydrogen) atoms. The average Bonchev–Trinajstić information content (AvgIpc) is 2.93. The van der Waals surface area contributed by atoms with Gasteiger partial charge in [0, 0.05) is 6.04 Å². The molecule has 1 atom stereocenters. The molecule has 0 aliphatic rings. The number of hydrogen-bond acceptors (Lipinski definition) is 3. The quantitative estimate of drug-likeness (QED) is 0.837. The number of rotatable bonds is 6. The molecule has 0 amide bonds. The number of benzene rings is 1. The maximum atomic E-state index is 8.94. The molecule has 3 heteroatoms. The van der Waals surface area contributed by atoms with Gasteiger partial charge in [-0.05, 0) is 36.6 Å². The van der Waals surface area contributed by atoms with E-state index in [1.54, 1.807) is 6.07 Å². The third-order valence-electron chi connectivity index (χ3n) is 3.34. The molecule has 1 unspecified atom stereocenters. The Kier molecular flexibility index (Phi) is 4.77. The molecule has 0 aliphatic carbocycles. The van der Waals surface area contributed by atoms with Crippen LogP contribution in [-0.4, -0.2) is 5.11 Å². The van der Waals surface area contributed by atoms with Gasteiger partial charge < -0.3 is 14.8 Å². The molecule has 3 nitrogen and oxygen atoms in total. The fourth-order valence-electron chi connectivity index (χ4n) is 2.02. The van der Waals surface area contributed by atoms with E-state index in [1.165, 1.54) is 11.1 Å². The minimum Gasteiger partial charge on any atom is -0.462 e. The summed E-state index contributed by atoms with van der Waals surface area (Å²) in [6.45, 7) is 4.91. The van der Waals surface area contributed by atoms with Gasteiger partial charge in [0.05, 0.1) is 6.54 Å². The van der Waals surface area contributed by atoms with Gasteiger partial charge in [0.25, 0.3) is 0 Å². The Hall–Kier alpha value is -1.58. The van der Waals surface area contributed by atoms with Gasteiger partial charge in [0.2, 0.25) is 0 Å². The smallest absolute Gasteiger partial charge is 0.129 e. The lowest BCUT2D eigenvalue weighted by molar-refractivity contribution is 0.242. The molecule has 1 heterocycles. The lowest BCUT2D eigenvalue weighted by Crippen LogP contribution is -2.17. The first-order valence-corrected chi connectivity index (χ1v) is 6.73. The number of furan rings is 1. The van der Waals surface area contributed by atoms with Crippen LogP contribution in [0.3, 0.4) is 0 Å². The molecule has 102 valence electrons. The van der Waals surface area contributed by atoms with Crippen LogP contribution in [0.5, 0.6) is 0 Å². The summed E-state index contributed by atoms with van der Waals surface area (Å²) in [4.78, 5) is 0. The maximum Gasteiger partial charge on any atom is 0.129 e. The van der Waals surface area contributed by atoms with Gasteiger partial charge in [0.15, 0.2) is 0 Å². The van der Waals surface area contributed by atoms with E-state index in [0.29, 0.717) is 12.3 Å². The van der Waals surface area contributed by atoms with Crippen molar-refractivity contribution in [3.8, 4) is 0 Å². The Morgan fingerprint density at radius 2 is 1.79 bits per heavy atom. The van der Waals surface area contributed by atoms with E-state index in [0.717, 1.165) is 12.2 Å².